The highest BCUT2D eigenvalue weighted by Gasteiger charge is 2.16. The SMILES string of the molecule is CCCCCSc1ncc(C(=O)OCC)c(NCc2ccccc2)n1. The first-order chi connectivity index (χ1) is 12.2. The molecule has 134 valence electrons. The number of unbranched alkanes of at least 4 members (excludes halogenated alkanes) is 2. The van der Waals surface area contributed by atoms with E-state index in [0.717, 1.165) is 17.7 Å². The number of ether oxygens (including phenoxy) is 1. The highest BCUT2D eigenvalue weighted by Crippen LogP contribution is 2.21. The molecule has 2 aromatic rings. The van der Waals surface area contributed by atoms with Gasteiger partial charge in [-0.25, -0.2) is 14.8 Å². The molecule has 6 heteroatoms. The molecule has 1 aromatic heterocycles. The average Bonchev–Trinajstić information content (AvgIpc) is 2.64. The number of thioether (sulfide) groups is 1. The lowest BCUT2D eigenvalue weighted by Crippen LogP contribution is -2.12. The first-order valence-corrected chi connectivity index (χ1v) is 9.68. The molecule has 0 aliphatic rings. The summed E-state index contributed by atoms with van der Waals surface area (Å²) in [4.78, 5) is 21.0. The van der Waals surface area contributed by atoms with Crippen molar-refractivity contribution in [2.24, 2.45) is 0 Å². The van der Waals surface area contributed by atoms with Crippen LogP contribution in [-0.4, -0.2) is 28.3 Å². The van der Waals surface area contributed by atoms with Crippen LogP contribution in [-0.2, 0) is 11.3 Å². The van der Waals surface area contributed by atoms with Gasteiger partial charge in [-0.15, -0.1) is 0 Å². The Morgan fingerprint density at radius 3 is 2.72 bits per heavy atom. The van der Waals surface area contributed by atoms with Crippen molar-refractivity contribution in [3.8, 4) is 0 Å². The first kappa shape index (κ1) is 19.2. The molecule has 25 heavy (non-hydrogen) atoms. The third kappa shape index (κ3) is 6.38. The van der Waals surface area contributed by atoms with E-state index < -0.39 is 5.97 Å². The van der Waals surface area contributed by atoms with E-state index >= 15 is 0 Å². The maximum Gasteiger partial charge on any atom is 0.343 e. The van der Waals surface area contributed by atoms with Crippen molar-refractivity contribution in [1.29, 1.82) is 0 Å². The Labute approximate surface area is 153 Å². The van der Waals surface area contributed by atoms with Crippen LogP contribution in [0.15, 0.2) is 41.7 Å². The topological polar surface area (TPSA) is 64.1 Å². The fraction of sp³-hybridized carbons (Fsp3) is 0.421. The second kappa shape index (κ2) is 10.7. The van der Waals surface area contributed by atoms with Crippen LogP contribution in [0.4, 0.5) is 5.82 Å². The van der Waals surface area contributed by atoms with Gasteiger partial charge in [0.1, 0.15) is 11.4 Å². The van der Waals surface area contributed by atoms with Crippen molar-refractivity contribution in [2.45, 2.75) is 44.8 Å². The molecule has 0 fully saturated rings. The Bertz CT molecular complexity index is 665. The predicted octanol–water partition coefficient (Wildman–Crippen LogP) is 4.55. The summed E-state index contributed by atoms with van der Waals surface area (Å²) in [6, 6.07) is 10.00. The van der Waals surface area contributed by atoms with E-state index in [1.165, 1.54) is 12.8 Å². The number of carbonyl (C=O) groups is 1. The molecule has 2 rings (SSSR count). The van der Waals surface area contributed by atoms with E-state index in [0.29, 0.717) is 29.7 Å². The molecule has 0 saturated heterocycles. The van der Waals surface area contributed by atoms with E-state index in [1.54, 1.807) is 24.9 Å². The fourth-order valence-corrected chi connectivity index (χ4v) is 3.04. The molecular formula is C19H25N3O2S. The number of aromatic nitrogens is 2. The quantitative estimate of drug-likeness (QED) is 0.291. The molecule has 0 aliphatic carbocycles. The Hall–Kier alpha value is -2.08. The standard InChI is InChI=1S/C19H25N3O2S/c1-3-5-9-12-25-19-21-14-16(18(23)24-4-2)17(22-19)20-13-15-10-7-6-8-11-15/h6-8,10-11,14H,3-5,9,12-13H2,1-2H3,(H,20,21,22). The minimum Gasteiger partial charge on any atom is -0.462 e. The minimum absolute atomic E-state index is 0.324. The number of anilines is 1. The van der Waals surface area contributed by atoms with Gasteiger partial charge in [0.05, 0.1) is 6.61 Å². The molecule has 1 N–H and O–H groups in total. The molecule has 0 spiro atoms. The number of nitrogens with zero attached hydrogens (tertiary/aromatic N) is 2. The number of hydrogen-bond donors (Lipinski definition) is 1. The summed E-state index contributed by atoms with van der Waals surface area (Å²) >= 11 is 1.62. The molecule has 0 bridgehead atoms. The maximum atomic E-state index is 12.1. The zero-order valence-corrected chi connectivity index (χ0v) is 15.6. The van der Waals surface area contributed by atoms with E-state index in [1.807, 2.05) is 30.3 Å². The second-order valence-electron chi connectivity index (χ2n) is 5.53. The van der Waals surface area contributed by atoms with Crippen molar-refractivity contribution in [3.05, 3.63) is 47.7 Å². The number of nitrogens with one attached hydrogen (secondary N) is 1. The zero-order chi connectivity index (χ0) is 17.9. The van der Waals surface area contributed by atoms with Gasteiger partial charge in [-0.3, -0.25) is 0 Å². The monoisotopic (exact) mass is 359 g/mol. The molecule has 1 heterocycles. The summed E-state index contributed by atoms with van der Waals surface area (Å²) in [5.41, 5.74) is 1.49. The largest absolute Gasteiger partial charge is 0.462 e. The summed E-state index contributed by atoms with van der Waals surface area (Å²) in [5, 5.41) is 3.93. The van der Waals surface area contributed by atoms with Crippen LogP contribution in [0.2, 0.25) is 0 Å². The van der Waals surface area contributed by atoms with E-state index in [-0.39, 0.29) is 0 Å². The molecule has 0 atom stereocenters. The number of benzene rings is 1. The van der Waals surface area contributed by atoms with Crippen molar-refractivity contribution >= 4 is 23.5 Å². The van der Waals surface area contributed by atoms with Crippen LogP contribution >= 0.6 is 11.8 Å². The van der Waals surface area contributed by atoms with Crippen LogP contribution in [0.25, 0.3) is 0 Å². The molecule has 0 saturated carbocycles. The average molecular weight is 359 g/mol. The molecule has 0 aliphatic heterocycles. The van der Waals surface area contributed by atoms with E-state index in [9.17, 15) is 4.79 Å². The van der Waals surface area contributed by atoms with Crippen molar-refractivity contribution in [2.75, 3.05) is 17.7 Å². The van der Waals surface area contributed by atoms with Crippen LogP contribution in [0, 0.1) is 0 Å². The van der Waals surface area contributed by atoms with Gasteiger partial charge in [0, 0.05) is 18.5 Å². The number of hydrogen-bond acceptors (Lipinski definition) is 6. The van der Waals surface area contributed by atoms with Gasteiger partial charge >= 0.3 is 5.97 Å². The van der Waals surface area contributed by atoms with Crippen LogP contribution in [0.3, 0.4) is 0 Å². The third-order valence-corrected chi connectivity index (χ3v) is 4.49. The zero-order valence-electron chi connectivity index (χ0n) is 14.8. The van der Waals surface area contributed by atoms with Crippen LogP contribution < -0.4 is 5.32 Å². The van der Waals surface area contributed by atoms with E-state index in [2.05, 4.69) is 22.2 Å². The second-order valence-corrected chi connectivity index (χ2v) is 6.59. The van der Waals surface area contributed by atoms with E-state index in [4.69, 9.17) is 4.74 Å². The van der Waals surface area contributed by atoms with Gasteiger partial charge in [0.25, 0.3) is 0 Å². The smallest absolute Gasteiger partial charge is 0.343 e. The summed E-state index contributed by atoms with van der Waals surface area (Å²) in [5.74, 6) is 1.10. The highest BCUT2D eigenvalue weighted by atomic mass is 32.2. The predicted molar refractivity (Wildman–Crippen MR) is 102 cm³/mol. The minimum atomic E-state index is -0.402. The first-order valence-electron chi connectivity index (χ1n) is 8.69. The number of rotatable bonds is 10. The lowest BCUT2D eigenvalue weighted by Gasteiger charge is -2.11. The molecule has 0 amide bonds. The Balaban J connectivity index is 2.11. The number of carbonyl (C=O) groups excluding carboxylic acids is 1. The van der Waals surface area contributed by atoms with Gasteiger partial charge in [-0.1, -0.05) is 61.9 Å². The fourth-order valence-electron chi connectivity index (χ4n) is 2.23. The summed E-state index contributed by atoms with van der Waals surface area (Å²) in [6.45, 7) is 4.88. The van der Waals surface area contributed by atoms with Gasteiger partial charge < -0.3 is 10.1 Å². The van der Waals surface area contributed by atoms with Crippen LogP contribution in [0.1, 0.15) is 49.0 Å². The third-order valence-electron chi connectivity index (χ3n) is 3.54. The lowest BCUT2D eigenvalue weighted by molar-refractivity contribution is 0.0526. The molecule has 0 unspecified atom stereocenters. The van der Waals surface area contributed by atoms with Crippen molar-refractivity contribution < 1.29 is 9.53 Å². The lowest BCUT2D eigenvalue weighted by atomic mass is 10.2. The number of esters is 1. The maximum absolute atomic E-state index is 12.1. The Kier molecular flexibility index (Phi) is 8.25. The summed E-state index contributed by atoms with van der Waals surface area (Å²) in [6.07, 6.45) is 5.08. The van der Waals surface area contributed by atoms with Crippen molar-refractivity contribution in [3.63, 3.8) is 0 Å². The van der Waals surface area contributed by atoms with Gasteiger partial charge in [-0.05, 0) is 18.9 Å². The molecule has 1 aromatic carbocycles. The highest BCUT2D eigenvalue weighted by molar-refractivity contribution is 7.99. The summed E-state index contributed by atoms with van der Waals surface area (Å²) in [7, 11) is 0. The van der Waals surface area contributed by atoms with Gasteiger partial charge in [0.2, 0.25) is 0 Å². The Morgan fingerprint density at radius 1 is 1.20 bits per heavy atom. The van der Waals surface area contributed by atoms with Crippen molar-refractivity contribution in [1.82, 2.24) is 9.97 Å². The van der Waals surface area contributed by atoms with Gasteiger partial charge in [-0.2, -0.15) is 0 Å². The Morgan fingerprint density at radius 2 is 2.00 bits per heavy atom. The molecule has 5 nitrogen and oxygen atoms in total. The summed E-state index contributed by atoms with van der Waals surface area (Å²) < 4.78 is 5.11. The molecule has 0 radical (unpaired) electrons. The van der Waals surface area contributed by atoms with Gasteiger partial charge in [0.15, 0.2) is 5.16 Å². The normalized spacial score (nSPS) is 10.5. The van der Waals surface area contributed by atoms with Crippen LogP contribution in [0.5, 0.6) is 0 Å². The molecular weight excluding hydrogens is 334 g/mol.